The Morgan fingerprint density at radius 3 is 2.95 bits per heavy atom. The Balaban J connectivity index is 1.89. The van der Waals surface area contributed by atoms with Gasteiger partial charge in [-0.25, -0.2) is 4.79 Å². The molecule has 1 unspecified atom stereocenters. The van der Waals surface area contributed by atoms with Gasteiger partial charge in [-0.3, -0.25) is 9.78 Å². The van der Waals surface area contributed by atoms with E-state index in [2.05, 4.69) is 10.3 Å². The first-order chi connectivity index (χ1) is 10.1. The number of carbonyl (C=O) groups excluding carboxylic acids is 1. The fourth-order valence-corrected chi connectivity index (χ4v) is 2.45. The number of carbonyl (C=O) groups is 2. The van der Waals surface area contributed by atoms with Gasteiger partial charge in [-0.2, -0.15) is 0 Å². The van der Waals surface area contributed by atoms with Gasteiger partial charge >= 0.3 is 5.97 Å². The molecule has 2 heterocycles. The van der Waals surface area contributed by atoms with Gasteiger partial charge < -0.3 is 15.2 Å². The Labute approximate surface area is 120 Å². The zero-order valence-electron chi connectivity index (χ0n) is 11.2. The van der Waals surface area contributed by atoms with E-state index in [4.69, 9.17) is 4.74 Å². The van der Waals surface area contributed by atoms with Crippen molar-refractivity contribution < 1.29 is 19.4 Å². The molecule has 6 nitrogen and oxygen atoms in total. The van der Waals surface area contributed by atoms with E-state index in [-0.39, 0.29) is 29.9 Å². The van der Waals surface area contributed by atoms with Crippen LogP contribution in [0.25, 0.3) is 10.9 Å². The molecule has 1 aromatic carbocycles. The van der Waals surface area contributed by atoms with Crippen molar-refractivity contribution in [1.82, 2.24) is 10.3 Å². The number of hydrogen-bond donors (Lipinski definition) is 2. The standard InChI is InChI=1S/C15H14N2O4/c18-13-6-5-9(17-13)8-21-12-7-16-11-4-2-1-3-10(11)14(12)15(19)20/h1-4,7,9H,5-6,8H2,(H,17,18)(H,19,20). The summed E-state index contributed by atoms with van der Waals surface area (Å²) in [5.74, 6) is -0.833. The summed E-state index contributed by atoms with van der Waals surface area (Å²) < 4.78 is 5.58. The zero-order valence-corrected chi connectivity index (χ0v) is 11.2. The van der Waals surface area contributed by atoms with Crippen molar-refractivity contribution in [2.75, 3.05) is 6.61 Å². The Morgan fingerprint density at radius 1 is 1.43 bits per heavy atom. The molecule has 21 heavy (non-hydrogen) atoms. The number of carboxylic acids is 1. The molecule has 0 bridgehead atoms. The predicted octanol–water partition coefficient (Wildman–Crippen LogP) is 1.59. The second-order valence-electron chi connectivity index (χ2n) is 4.93. The van der Waals surface area contributed by atoms with Crippen molar-refractivity contribution in [3.8, 4) is 5.75 Å². The lowest BCUT2D eigenvalue weighted by atomic mass is 10.1. The minimum Gasteiger partial charge on any atom is -0.489 e. The largest absolute Gasteiger partial charge is 0.489 e. The van der Waals surface area contributed by atoms with Crippen LogP contribution in [0.1, 0.15) is 23.2 Å². The highest BCUT2D eigenvalue weighted by Gasteiger charge is 2.23. The summed E-state index contributed by atoms with van der Waals surface area (Å²) in [5, 5.41) is 12.7. The average Bonchev–Trinajstić information content (AvgIpc) is 2.89. The van der Waals surface area contributed by atoms with Crippen molar-refractivity contribution in [2.45, 2.75) is 18.9 Å². The van der Waals surface area contributed by atoms with Gasteiger partial charge in [0.05, 0.1) is 17.8 Å². The number of aromatic carboxylic acids is 1. The van der Waals surface area contributed by atoms with Crippen LogP contribution in [0.5, 0.6) is 5.75 Å². The van der Waals surface area contributed by atoms with Crippen molar-refractivity contribution in [1.29, 1.82) is 0 Å². The van der Waals surface area contributed by atoms with E-state index in [1.807, 2.05) is 0 Å². The second kappa shape index (κ2) is 5.40. The van der Waals surface area contributed by atoms with Crippen LogP contribution in [-0.4, -0.2) is 34.6 Å². The van der Waals surface area contributed by atoms with E-state index in [9.17, 15) is 14.7 Å². The fraction of sp³-hybridized carbons (Fsp3) is 0.267. The van der Waals surface area contributed by atoms with E-state index in [1.54, 1.807) is 24.3 Å². The number of hydrogen-bond acceptors (Lipinski definition) is 4. The molecular formula is C15H14N2O4. The number of aromatic nitrogens is 1. The van der Waals surface area contributed by atoms with E-state index in [0.717, 1.165) is 0 Å². The summed E-state index contributed by atoms with van der Waals surface area (Å²) >= 11 is 0. The van der Waals surface area contributed by atoms with Crippen molar-refractivity contribution in [2.24, 2.45) is 0 Å². The Hall–Kier alpha value is -2.63. The summed E-state index contributed by atoms with van der Waals surface area (Å²) in [6.45, 7) is 0.242. The maximum absolute atomic E-state index is 11.5. The highest BCUT2D eigenvalue weighted by atomic mass is 16.5. The van der Waals surface area contributed by atoms with Gasteiger partial charge in [-0.1, -0.05) is 18.2 Å². The molecule has 1 aliphatic heterocycles. The molecule has 1 fully saturated rings. The smallest absolute Gasteiger partial charge is 0.340 e. The van der Waals surface area contributed by atoms with E-state index < -0.39 is 5.97 Å². The lowest BCUT2D eigenvalue weighted by Gasteiger charge is -2.14. The van der Waals surface area contributed by atoms with Crippen molar-refractivity contribution in [3.05, 3.63) is 36.0 Å². The number of benzene rings is 1. The van der Waals surface area contributed by atoms with E-state index in [1.165, 1.54) is 6.20 Å². The van der Waals surface area contributed by atoms with E-state index in [0.29, 0.717) is 23.7 Å². The molecular weight excluding hydrogens is 272 g/mol. The number of rotatable bonds is 4. The molecule has 6 heteroatoms. The Bertz CT molecular complexity index is 714. The van der Waals surface area contributed by atoms with Gasteiger partial charge in [-0.05, 0) is 12.5 Å². The molecule has 1 aromatic heterocycles. The van der Waals surface area contributed by atoms with Gasteiger partial charge in [0.2, 0.25) is 5.91 Å². The third-order valence-electron chi connectivity index (χ3n) is 3.48. The van der Waals surface area contributed by atoms with Crippen LogP contribution in [0.15, 0.2) is 30.5 Å². The Morgan fingerprint density at radius 2 is 2.24 bits per heavy atom. The van der Waals surface area contributed by atoms with Gasteiger partial charge in [0.15, 0.2) is 5.75 Å². The number of nitrogens with zero attached hydrogens (tertiary/aromatic N) is 1. The third kappa shape index (κ3) is 2.65. The third-order valence-corrected chi connectivity index (χ3v) is 3.48. The molecule has 1 amide bonds. The Kier molecular flexibility index (Phi) is 3.43. The van der Waals surface area contributed by atoms with Gasteiger partial charge in [0.1, 0.15) is 12.2 Å². The van der Waals surface area contributed by atoms with Crippen LogP contribution in [0.3, 0.4) is 0 Å². The molecule has 1 saturated heterocycles. The lowest BCUT2D eigenvalue weighted by molar-refractivity contribution is -0.119. The second-order valence-corrected chi connectivity index (χ2v) is 4.93. The summed E-state index contributed by atoms with van der Waals surface area (Å²) in [7, 11) is 0. The highest BCUT2D eigenvalue weighted by Crippen LogP contribution is 2.26. The monoisotopic (exact) mass is 286 g/mol. The topological polar surface area (TPSA) is 88.5 Å². The molecule has 0 saturated carbocycles. The van der Waals surface area contributed by atoms with Gasteiger partial charge in [0, 0.05) is 11.8 Å². The number of carboxylic acid groups (broad SMARTS) is 1. The predicted molar refractivity (Wildman–Crippen MR) is 75.4 cm³/mol. The normalized spacial score (nSPS) is 17.7. The SMILES string of the molecule is O=C1CCC(COc2cnc3ccccc3c2C(=O)O)N1. The molecule has 0 spiro atoms. The first-order valence-electron chi connectivity index (χ1n) is 6.68. The lowest BCUT2D eigenvalue weighted by Crippen LogP contribution is -2.31. The minimum atomic E-state index is -1.06. The molecule has 2 aromatic rings. The van der Waals surface area contributed by atoms with Gasteiger partial charge in [-0.15, -0.1) is 0 Å². The molecule has 2 N–H and O–H groups in total. The van der Waals surface area contributed by atoms with Gasteiger partial charge in [0.25, 0.3) is 0 Å². The van der Waals surface area contributed by atoms with Crippen LogP contribution >= 0.6 is 0 Å². The van der Waals surface area contributed by atoms with Crippen LogP contribution < -0.4 is 10.1 Å². The summed E-state index contributed by atoms with van der Waals surface area (Å²) in [5.41, 5.74) is 0.710. The minimum absolute atomic E-state index is 0.00121. The molecule has 1 aliphatic rings. The summed E-state index contributed by atoms with van der Waals surface area (Å²) in [4.78, 5) is 26.9. The number of ether oxygens (including phenoxy) is 1. The van der Waals surface area contributed by atoms with Crippen LogP contribution in [0.4, 0.5) is 0 Å². The van der Waals surface area contributed by atoms with Crippen LogP contribution in [0.2, 0.25) is 0 Å². The quantitative estimate of drug-likeness (QED) is 0.891. The maximum atomic E-state index is 11.5. The van der Waals surface area contributed by atoms with Crippen LogP contribution in [-0.2, 0) is 4.79 Å². The number of amides is 1. The maximum Gasteiger partial charge on any atom is 0.340 e. The molecule has 3 rings (SSSR count). The zero-order chi connectivity index (χ0) is 14.8. The number of fused-ring (bicyclic) bond motifs is 1. The molecule has 108 valence electrons. The molecule has 1 atom stereocenters. The van der Waals surface area contributed by atoms with Crippen LogP contribution in [0, 0.1) is 0 Å². The average molecular weight is 286 g/mol. The molecule has 0 radical (unpaired) electrons. The van der Waals surface area contributed by atoms with E-state index >= 15 is 0 Å². The highest BCUT2D eigenvalue weighted by molar-refractivity contribution is 6.04. The summed E-state index contributed by atoms with van der Waals surface area (Å²) in [6.07, 6.45) is 2.60. The number of nitrogens with one attached hydrogen (secondary N) is 1. The molecule has 0 aliphatic carbocycles. The first kappa shape index (κ1) is 13.4. The van der Waals surface area contributed by atoms with Crippen molar-refractivity contribution in [3.63, 3.8) is 0 Å². The van der Waals surface area contributed by atoms with Crippen molar-refractivity contribution >= 4 is 22.8 Å². The fourth-order valence-electron chi connectivity index (χ4n) is 2.45. The number of pyridine rings is 1. The number of para-hydroxylation sites is 1. The first-order valence-corrected chi connectivity index (χ1v) is 6.68. The summed E-state index contributed by atoms with van der Waals surface area (Å²) in [6, 6.07) is 6.94.